The van der Waals surface area contributed by atoms with Gasteiger partial charge in [-0.15, -0.1) is 0 Å². The minimum Gasteiger partial charge on any atom is -0.456 e. The van der Waals surface area contributed by atoms with E-state index < -0.39 is 12.7 Å². The van der Waals surface area contributed by atoms with Crippen molar-refractivity contribution in [1.82, 2.24) is 0 Å². The lowest BCUT2D eigenvalue weighted by atomic mass is 9.76. The molecule has 5 aromatic rings. The molecule has 1 aromatic heterocycles. The van der Waals surface area contributed by atoms with Crippen LogP contribution in [0.2, 0.25) is 0 Å². The number of benzene rings is 4. The molecule has 0 radical (unpaired) electrons. The maximum Gasteiger partial charge on any atom is 0.495 e. The predicted molar refractivity (Wildman–Crippen MR) is 146 cm³/mol. The number of nitrogens with zero attached hydrogens (tertiary/aromatic N) is 1. The standard InChI is InChI=1S/C30H28BNO4/c1-19(2)30(3,4)36-31(33)23-18-20(17-22-21-11-5-8-14-26(21)35-29(22)23)32-24-12-6-9-15-27(24)34-28-16-10-7-13-25(28)32/h5-19,33H,1-4H3. The molecule has 1 aliphatic rings. The van der Waals surface area contributed by atoms with Gasteiger partial charge in [-0.1, -0.05) is 56.3 Å². The summed E-state index contributed by atoms with van der Waals surface area (Å²) in [6.45, 7) is 8.16. The van der Waals surface area contributed by atoms with Crippen LogP contribution in [0.5, 0.6) is 11.5 Å². The van der Waals surface area contributed by atoms with Gasteiger partial charge in [-0.25, -0.2) is 0 Å². The minimum atomic E-state index is -1.17. The van der Waals surface area contributed by atoms with Gasteiger partial charge in [-0.2, -0.15) is 0 Å². The maximum atomic E-state index is 11.4. The van der Waals surface area contributed by atoms with Gasteiger partial charge in [0.2, 0.25) is 0 Å². The van der Waals surface area contributed by atoms with Crippen LogP contribution in [0.1, 0.15) is 27.7 Å². The first kappa shape index (κ1) is 22.7. The Morgan fingerprint density at radius 2 is 1.44 bits per heavy atom. The van der Waals surface area contributed by atoms with Crippen molar-refractivity contribution in [2.75, 3.05) is 4.90 Å². The molecule has 6 heteroatoms. The van der Waals surface area contributed by atoms with Crippen molar-refractivity contribution >= 4 is 51.6 Å². The molecule has 0 bridgehead atoms. The van der Waals surface area contributed by atoms with Crippen molar-refractivity contribution in [3.05, 3.63) is 84.9 Å². The lowest BCUT2D eigenvalue weighted by molar-refractivity contribution is 0.0424. The van der Waals surface area contributed by atoms with Crippen LogP contribution in [0.4, 0.5) is 17.1 Å². The van der Waals surface area contributed by atoms with Crippen LogP contribution in [0.3, 0.4) is 0 Å². The van der Waals surface area contributed by atoms with Crippen molar-refractivity contribution in [2.24, 2.45) is 5.92 Å². The second kappa shape index (κ2) is 8.44. The number of ether oxygens (including phenoxy) is 1. The summed E-state index contributed by atoms with van der Waals surface area (Å²) >= 11 is 0. The van der Waals surface area contributed by atoms with Crippen LogP contribution >= 0.6 is 0 Å². The number of fused-ring (bicyclic) bond motifs is 5. The molecule has 0 aliphatic carbocycles. The SMILES string of the molecule is CC(C)C(C)(C)OB(O)c1cc(N2c3ccccc3Oc3ccccc32)cc2c1oc1ccccc12. The number of hydrogen-bond acceptors (Lipinski definition) is 5. The third kappa shape index (κ3) is 3.65. The van der Waals surface area contributed by atoms with Crippen LogP contribution in [0.15, 0.2) is 89.3 Å². The summed E-state index contributed by atoms with van der Waals surface area (Å²) in [5.41, 5.74) is 4.18. The zero-order valence-corrected chi connectivity index (χ0v) is 20.9. The molecule has 6 rings (SSSR count). The number of hydrogen-bond donors (Lipinski definition) is 1. The zero-order valence-electron chi connectivity index (χ0n) is 20.9. The van der Waals surface area contributed by atoms with E-state index in [0.29, 0.717) is 11.0 Å². The highest BCUT2D eigenvalue weighted by Crippen LogP contribution is 2.50. The molecule has 0 amide bonds. The molecule has 0 saturated heterocycles. The van der Waals surface area contributed by atoms with Crippen LogP contribution in [-0.2, 0) is 4.65 Å². The second-order valence-corrected chi connectivity index (χ2v) is 10.1. The van der Waals surface area contributed by atoms with Crippen molar-refractivity contribution < 1.29 is 18.8 Å². The van der Waals surface area contributed by atoms with Crippen LogP contribution in [0.25, 0.3) is 21.9 Å². The Morgan fingerprint density at radius 3 is 2.11 bits per heavy atom. The molecule has 0 unspecified atom stereocenters. The average Bonchev–Trinajstić information content (AvgIpc) is 3.25. The average molecular weight is 477 g/mol. The Hall–Kier alpha value is -3.74. The van der Waals surface area contributed by atoms with Gasteiger partial charge in [-0.05, 0) is 62.2 Å². The smallest absolute Gasteiger partial charge is 0.456 e. The molecule has 0 atom stereocenters. The normalized spacial score (nSPS) is 13.1. The largest absolute Gasteiger partial charge is 0.495 e. The molecule has 4 aromatic carbocycles. The predicted octanol–water partition coefficient (Wildman–Crippen LogP) is 7.30. The summed E-state index contributed by atoms with van der Waals surface area (Å²) in [5, 5.41) is 13.3. The fraction of sp³-hybridized carbons (Fsp3) is 0.200. The highest BCUT2D eigenvalue weighted by molar-refractivity contribution is 6.63. The lowest BCUT2D eigenvalue weighted by Crippen LogP contribution is -2.44. The van der Waals surface area contributed by atoms with Gasteiger partial charge in [0.15, 0.2) is 11.5 Å². The lowest BCUT2D eigenvalue weighted by Gasteiger charge is -2.34. The molecule has 0 fully saturated rings. The van der Waals surface area contributed by atoms with E-state index in [-0.39, 0.29) is 5.92 Å². The molecule has 180 valence electrons. The number of para-hydroxylation sites is 5. The zero-order chi connectivity index (χ0) is 25.0. The Morgan fingerprint density at radius 1 is 0.833 bits per heavy atom. The molecule has 0 saturated carbocycles. The number of anilines is 3. The molecular formula is C30H28BNO4. The van der Waals surface area contributed by atoms with E-state index in [1.165, 1.54) is 0 Å². The van der Waals surface area contributed by atoms with Gasteiger partial charge in [0.1, 0.15) is 11.2 Å². The summed E-state index contributed by atoms with van der Waals surface area (Å²) in [6, 6.07) is 28.0. The molecule has 0 spiro atoms. The topological polar surface area (TPSA) is 55.1 Å². The van der Waals surface area contributed by atoms with Crippen LogP contribution in [0, 0.1) is 5.92 Å². The van der Waals surface area contributed by atoms with Gasteiger partial charge in [0, 0.05) is 21.9 Å². The quantitative estimate of drug-likeness (QED) is 0.264. The van der Waals surface area contributed by atoms with Crippen molar-refractivity contribution in [3.8, 4) is 11.5 Å². The van der Waals surface area contributed by atoms with Crippen molar-refractivity contribution in [2.45, 2.75) is 33.3 Å². The Bertz CT molecular complexity index is 1540. The highest BCUT2D eigenvalue weighted by atomic mass is 16.5. The van der Waals surface area contributed by atoms with E-state index in [4.69, 9.17) is 13.8 Å². The van der Waals surface area contributed by atoms with E-state index in [9.17, 15) is 5.02 Å². The van der Waals surface area contributed by atoms with Gasteiger partial charge in [0.05, 0.1) is 17.0 Å². The second-order valence-electron chi connectivity index (χ2n) is 10.1. The summed E-state index contributed by atoms with van der Waals surface area (Å²) in [6.07, 6.45) is 0. The summed E-state index contributed by atoms with van der Waals surface area (Å²) in [7, 11) is -1.17. The molecule has 1 N–H and O–H groups in total. The minimum absolute atomic E-state index is 0.208. The molecular weight excluding hydrogens is 449 g/mol. The third-order valence-corrected chi connectivity index (χ3v) is 7.25. The fourth-order valence-corrected chi connectivity index (χ4v) is 4.62. The maximum absolute atomic E-state index is 11.4. The van der Waals surface area contributed by atoms with Gasteiger partial charge in [0.25, 0.3) is 0 Å². The van der Waals surface area contributed by atoms with Gasteiger partial charge < -0.3 is 23.7 Å². The molecule has 5 nitrogen and oxygen atoms in total. The number of rotatable bonds is 5. The summed E-state index contributed by atoms with van der Waals surface area (Å²) in [5.74, 6) is 1.75. The first-order valence-electron chi connectivity index (χ1n) is 12.3. The first-order valence-corrected chi connectivity index (χ1v) is 12.3. The molecule has 36 heavy (non-hydrogen) atoms. The molecule has 1 aliphatic heterocycles. The number of furan rings is 1. The monoisotopic (exact) mass is 477 g/mol. The summed E-state index contributed by atoms with van der Waals surface area (Å²) < 4.78 is 18.7. The third-order valence-electron chi connectivity index (χ3n) is 7.25. The van der Waals surface area contributed by atoms with E-state index in [1.54, 1.807) is 0 Å². The summed E-state index contributed by atoms with van der Waals surface area (Å²) in [4.78, 5) is 2.17. The van der Waals surface area contributed by atoms with E-state index in [1.807, 2.05) is 92.7 Å². The van der Waals surface area contributed by atoms with Gasteiger partial charge in [-0.3, -0.25) is 0 Å². The van der Waals surface area contributed by atoms with Crippen LogP contribution in [-0.4, -0.2) is 17.7 Å². The fourth-order valence-electron chi connectivity index (χ4n) is 4.62. The Labute approximate surface area is 211 Å². The molecule has 2 heterocycles. The van der Waals surface area contributed by atoms with Crippen LogP contribution < -0.4 is 15.1 Å². The van der Waals surface area contributed by atoms with E-state index in [0.717, 1.165) is 44.9 Å². The van der Waals surface area contributed by atoms with Crippen molar-refractivity contribution in [3.63, 3.8) is 0 Å². The highest BCUT2D eigenvalue weighted by Gasteiger charge is 2.34. The van der Waals surface area contributed by atoms with Gasteiger partial charge >= 0.3 is 7.12 Å². The van der Waals surface area contributed by atoms with E-state index in [2.05, 4.69) is 24.8 Å². The first-order chi connectivity index (χ1) is 17.3. The van der Waals surface area contributed by atoms with Crippen molar-refractivity contribution in [1.29, 1.82) is 0 Å². The Kier molecular flexibility index (Phi) is 5.32. The van der Waals surface area contributed by atoms with E-state index >= 15 is 0 Å². The Balaban J connectivity index is 1.61.